The van der Waals surface area contributed by atoms with Crippen molar-refractivity contribution in [3.63, 3.8) is 0 Å². The Balaban J connectivity index is 1.57. The molecule has 0 aromatic rings. The van der Waals surface area contributed by atoms with Crippen LogP contribution in [0.15, 0.2) is 0 Å². The van der Waals surface area contributed by atoms with Gasteiger partial charge in [0, 0.05) is 25.7 Å². The van der Waals surface area contributed by atoms with Crippen LogP contribution in [0.1, 0.15) is 6.42 Å². The molecule has 3 aliphatic heterocycles. The lowest BCUT2D eigenvalue weighted by Gasteiger charge is -2.48. The van der Waals surface area contributed by atoms with Gasteiger partial charge in [0.05, 0.1) is 24.7 Å². The minimum atomic E-state index is -1.72. The number of aliphatic hydroxyl groups excluding tert-OH is 8. The van der Waals surface area contributed by atoms with E-state index in [0.717, 1.165) is 0 Å². The number of carbonyl (C=O) groups excluding carboxylic acids is 1. The Morgan fingerprint density at radius 3 is 1.65 bits per heavy atom. The fourth-order valence-electron chi connectivity index (χ4n) is 6.24. The van der Waals surface area contributed by atoms with Crippen LogP contribution in [-0.4, -0.2) is 195 Å². The molecule has 0 bridgehead atoms. The van der Waals surface area contributed by atoms with Crippen LogP contribution in [0.5, 0.6) is 0 Å². The third kappa shape index (κ3) is 8.08. The lowest BCUT2D eigenvalue weighted by molar-refractivity contribution is -0.307. The summed E-state index contributed by atoms with van der Waals surface area (Å²) in [5.74, 6) is -0.912. The smallest absolute Gasteiger partial charge is 0.250 e. The molecule has 0 unspecified atom stereocenters. The summed E-state index contributed by atoms with van der Waals surface area (Å²) in [6.07, 6.45) is -23.3. The van der Waals surface area contributed by atoms with Crippen molar-refractivity contribution in [3.05, 3.63) is 0 Å². The third-order valence-corrected chi connectivity index (χ3v) is 9.18. The number of carbonyl (C=O) groups is 1. The fourth-order valence-corrected chi connectivity index (χ4v) is 6.24. The predicted octanol–water partition coefficient (Wildman–Crippen LogP) is -10.4. The van der Waals surface area contributed by atoms with E-state index in [1.165, 1.54) is 0 Å². The molecule has 22 heteroatoms. The summed E-state index contributed by atoms with van der Waals surface area (Å²) in [5, 5.41) is 86.4. The molecule has 48 heavy (non-hydrogen) atoms. The summed E-state index contributed by atoms with van der Waals surface area (Å²) >= 11 is 0. The quantitative estimate of drug-likeness (QED) is 0.0897. The van der Waals surface area contributed by atoms with Crippen LogP contribution in [0.2, 0.25) is 0 Å². The molecule has 20 atom stereocenters. The van der Waals surface area contributed by atoms with Crippen molar-refractivity contribution in [2.45, 2.75) is 129 Å². The molecule has 4 rings (SSSR count). The first-order valence-corrected chi connectivity index (χ1v) is 15.7. The van der Waals surface area contributed by atoms with Crippen LogP contribution >= 0.6 is 0 Å². The van der Waals surface area contributed by atoms with Crippen molar-refractivity contribution < 1.29 is 74.1 Å². The Bertz CT molecular complexity index is 1040. The minimum Gasteiger partial charge on any atom is -0.394 e. The first kappa shape index (κ1) is 39.5. The van der Waals surface area contributed by atoms with Crippen molar-refractivity contribution in [1.82, 2.24) is 5.32 Å². The second kappa shape index (κ2) is 16.8. The molecule has 4 aliphatic rings. The number of amides is 1. The minimum absolute atomic E-state index is 0.144. The number of rotatable bonds is 12. The van der Waals surface area contributed by atoms with E-state index in [1.807, 2.05) is 0 Å². The zero-order valence-corrected chi connectivity index (χ0v) is 26.0. The summed E-state index contributed by atoms with van der Waals surface area (Å²) in [7, 11) is 0. The third-order valence-electron chi connectivity index (χ3n) is 9.18. The van der Waals surface area contributed by atoms with Crippen LogP contribution in [0.4, 0.5) is 0 Å². The molecule has 21 N–H and O–H groups in total. The summed E-state index contributed by atoms with van der Waals surface area (Å²) < 4.78 is 34.9. The van der Waals surface area contributed by atoms with Gasteiger partial charge in [-0.05, 0) is 6.42 Å². The maximum absolute atomic E-state index is 12.5. The van der Waals surface area contributed by atoms with E-state index < -0.39 is 141 Å². The Hall–Kier alpha value is -1.33. The van der Waals surface area contributed by atoms with E-state index >= 15 is 0 Å². The van der Waals surface area contributed by atoms with Crippen LogP contribution < -0.4 is 39.7 Å². The average molecular weight is 702 g/mol. The van der Waals surface area contributed by atoms with Crippen LogP contribution in [0, 0.1) is 0 Å². The molecule has 0 spiro atoms. The summed E-state index contributed by atoms with van der Waals surface area (Å²) in [6.45, 7) is -1.56. The molecule has 0 radical (unpaired) electrons. The van der Waals surface area contributed by atoms with Crippen molar-refractivity contribution in [3.8, 4) is 0 Å². The van der Waals surface area contributed by atoms with E-state index in [1.54, 1.807) is 0 Å². The van der Waals surface area contributed by atoms with Gasteiger partial charge in [-0.3, -0.25) is 4.79 Å². The summed E-state index contributed by atoms with van der Waals surface area (Å²) in [6, 6.07) is -4.84. The molecule has 280 valence electrons. The maximum Gasteiger partial charge on any atom is 0.250 e. The van der Waals surface area contributed by atoms with Gasteiger partial charge in [0.15, 0.2) is 18.9 Å². The molecule has 1 amide bonds. The first-order chi connectivity index (χ1) is 22.7. The Labute approximate surface area is 275 Å². The normalized spacial score (nSPS) is 49.1. The van der Waals surface area contributed by atoms with E-state index in [9.17, 15) is 45.6 Å². The van der Waals surface area contributed by atoms with Gasteiger partial charge in [-0.25, -0.2) is 0 Å². The number of nitrogens with one attached hydrogen (secondary N) is 1. The lowest BCUT2D eigenvalue weighted by Crippen LogP contribution is -2.69. The second-order valence-electron chi connectivity index (χ2n) is 12.4. The van der Waals surface area contributed by atoms with Crippen molar-refractivity contribution in [2.75, 3.05) is 26.2 Å². The molecule has 3 heterocycles. The van der Waals surface area contributed by atoms with E-state index in [4.69, 9.17) is 62.8 Å². The van der Waals surface area contributed by atoms with E-state index in [0.29, 0.717) is 0 Å². The van der Waals surface area contributed by atoms with Gasteiger partial charge in [-0.1, -0.05) is 0 Å². The SMILES string of the molecule is NC[C@@H]1O[C@H](O[C@H]2[C@@H](O)[C@H](O[C@@H]3[C@@H](O)[C@H](NC(=O)[C@@H](O)CN)C[C@H](N)[C@H]3O[C@H]3O[C@H](CN)[C@@H](O)[C@@H](O)[C@H]3N)O[C@@H]2CO)[C@H](N)[C@@H](O)[C@@H]1O. The Kier molecular flexibility index (Phi) is 13.8. The van der Waals surface area contributed by atoms with Gasteiger partial charge in [-0.15, -0.1) is 0 Å². The molecule has 22 nitrogen and oxygen atoms in total. The van der Waals surface area contributed by atoms with Crippen LogP contribution in [0.3, 0.4) is 0 Å². The largest absolute Gasteiger partial charge is 0.394 e. The number of ether oxygens (including phenoxy) is 6. The average Bonchev–Trinajstić information content (AvgIpc) is 3.37. The van der Waals surface area contributed by atoms with E-state index in [2.05, 4.69) is 5.32 Å². The summed E-state index contributed by atoms with van der Waals surface area (Å²) in [4.78, 5) is 12.5. The standard InChI is InChI=1S/C26H51N7O15/c27-2-8(35)23(42)33-7-1-6(30)20(46-24-12(31)17(39)15(37)9(3-28)43-24)22(14(7)36)48-26-19(41)21(11(5-34)45-26)47-25-13(32)18(40)16(38)10(4-29)44-25/h6-22,24-26,34-41H,1-5,27-32H2,(H,33,42)/t6-,7+,8-,9+,10-,11+,12+,13+,14-,15+,16+,17-,18+,19+,20+,21+,22+,24+,25+,26-/m0/s1. The Morgan fingerprint density at radius 1 is 0.688 bits per heavy atom. The molecule has 0 aromatic carbocycles. The molecular weight excluding hydrogens is 650 g/mol. The van der Waals surface area contributed by atoms with Gasteiger partial charge >= 0.3 is 0 Å². The molecule has 1 aliphatic carbocycles. The van der Waals surface area contributed by atoms with Crippen molar-refractivity contribution in [2.24, 2.45) is 34.4 Å². The van der Waals surface area contributed by atoms with Gasteiger partial charge in [0.1, 0.15) is 79.4 Å². The topological polar surface area (TPSA) is 402 Å². The molecule has 0 aromatic heterocycles. The number of hydrogen-bond acceptors (Lipinski definition) is 21. The van der Waals surface area contributed by atoms with Gasteiger partial charge < -0.3 is 109 Å². The van der Waals surface area contributed by atoms with Crippen LogP contribution in [-0.2, 0) is 33.2 Å². The van der Waals surface area contributed by atoms with Crippen LogP contribution in [0.25, 0.3) is 0 Å². The number of hydrogen-bond donors (Lipinski definition) is 15. The number of aliphatic hydroxyl groups is 8. The molecule has 1 saturated carbocycles. The number of nitrogens with two attached hydrogens (primary N) is 6. The summed E-state index contributed by atoms with van der Waals surface area (Å²) in [5.41, 5.74) is 35.2. The van der Waals surface area contributed by atoms with Crippen molar-refractivity contribution in [1.29, 1.82) is 0 Å². The molecule has 4 fully saturated rings. The highest BCUT2D eigenvalue weighted by molar-refractivity contribution is 5.81. The van der Waals surface area contributed by atoms with Gasteiger partial charge in [0.2, 0.25) is 5.91 Å². The highest BCUT2D eigenvalue weighted by atomic mass is 16.8. The van der Waals surface area contributed by atoms with Gasteiger partial charge in [-0.2, -0.15) is 0 Å². The lowest BCUT2D eigenvalue weighted by atomic mass is 9.83. The zero-order chi connectivity index (χ0) is 35.6. The monoisotopic (exact) mass is 701 g/mol. The highest BCUT2D eigenvalue weighted by Crippen LogP contribution is 2.34. The van der Waals surface area contributed by atoms with E-state index in [-0.39, 0.29) is 19.5 Å². The predicted molar refractivity (Wildman–Crippen MR) is 157 cm³/mol. The molecular formula is C26H51N7O15. The van der Waals surface area contributed by atoms with Crippen molar-refractivity contribution >= 4 is 5.91 Å². The zero-order valence-electron chi connectivity index (χ0n) is 26.0. The van der Waals surface area contributed by atoms with Gasteiger partial charge in [0.25, 0.3) is 0 Å². The first-order valence-electron chi connectivity index (χ1n) is 15.7. The molecule has 3 saturated heterocycles. The highest BCUT2D eigenvalue weighted by Gasteiger charge is 2.55. The fraction of sp³-hybridized carbons (Fsp3) is 0.962. The Morgan fingerprint density at radius 2 is 1.17 bits per heavy atom. The maximum atomic E-state index is 12.5. The second-order valence-corrected chi connectivity index (χ2v) is 12.4.